The van der Waals surface area contributed by atoms with Gasteiger partial charge in [0.05, 0.1) is 11.9 Å². The van der Waals surface area contributed by atoms with Crippen LogP contribution in [0.3, 0.4) is 0 Å². The van der Waals surface area contributed by atoms with Gasteiger partial charge in [-0.25, -0.2) is 14.2 Å². The van der Waals surface area contributed by atoms with Gasteiger partial charge in [-0.2, -0.15) is 13.2 Å². The first-order valence-corrected chi connectivity index (χ1v) is 10.5. The topological polar surface area (TPSA) is 78.9 Å². The number of benzene rings is 1. The highest BCUT2D eigenvalue weighted by Gasteiger charge is 2.33. The minimum absolute atomic E-state index is 0.225. The molecule has 0 saturated carbocycles. The zero-order chi connectivity index (χ0) is 25.8. The van der Waals surface area contributed by atoms with Crippen molar-refractivity contribution >= 4 is 16.8 Å². The Morgan fingerprint density at radius 2 is 1.71 bits per heavy atom. The minimum atomic E-state index is -4.75. The summed E-state index contributed by atoms with van der Waals surface area (Å²) in [6, 6.07) is 7.82. The molecule has 1 aromatic carbocycles. The summed E-state index contributed by atoms with van der Waals surface area (Å²) in [5.41, 5.74) is -1.25. The van der Waals surface area contributed by atoms with E-state index in [-0.39, 0.29) is 10.9 Å². The average Bonchev–Trinajstić information content (AvgIpc) is 3.10. The minimum Gasteiger partial charge on any atom is -0.318 e. The van der Waals surface area contributed by atoms with Crippen molar-refractivity contribution < 1.29 is 22.4 Å². The maximum absolute atomic E-state index is 14.1. The van der Waals surface area contributed by atoms with Crippen LogP contribution in [0.5, 0.6) is 0 Å². The van der Waals surface area contributed by atoms with E-state index in [0.717, 1.165) is 10.6 Å². The van der Waals surface area contributed by atoms with Gasteiger partial charge in [-0.05, 0) is 56.7 Å². The van der Waals surface area contributed by atoms with Crippen LogP contribution in [-0.2, 0) is 19.8 Å². The average molecular weight is 488 g/mol. The zero-order valence-corrected chi connectivity index (χ0v) is 19.2. The van der Waals surface area contributed by atoms with Crippen molar-refractivity contribution in [3.63, 3.8) is 0 Å². The molecule has 0 amide bonds. The van der Waals surface area contributed by atoms with Crippen LogP contribution in [0.2, 0.25) is 0 Å². The molecule has 11 heteroatoms. The second-order valence-corrected chi connectivity index (χ2v) is 8.28. The number of pyridine rings is 1. The molecule has 7 nitrogen and oxygen atoms in total. The molecule has 0 atom stereocenters. The van der Waals surface area contributed by atoms with Crippen molar-refractivity contribution in [3.8, 4) is 5.69 Å². The highest BCUT2D eigenvalue weighted by atomic mass is 19.4. The fourth-order valence-electron chi connectivity index (χ4n) is 4.06. The molecule has 0 aliphatic rings. The van der Waals surface area contributed by atoms with Crippen LogP contribution in [0.4, 0.5) is 17.6 Å². The maximum atomic E-state index is 14.1. The summed E-state index contributed by atoms with van der Waals surface area (Å²) in [5.74, 6) is -0.966. The van der Waals surface area contributed by atoms with E-state index in [2.05, 4.69) is 4.98 Å². The molecule has 4 aromatic rings. The lowest BCUT2D eigenvalue weighted by Gasteiger charge is -2.12. The molecule has 0 spiro atoms. The number of aryl methyl sites for hydroxylation is 3. The molecular formula is C24H20F4N4O3. The van der Waals surface area contributed by atoms with Crippen LogP contribution in [0.1, 0.15) is 33.0 Å². The first-order chi connectivity index (χ1) is 16.3. The van der Waals surface area contributed by atoms with Crippen LogP contribution < -0.4 is 11.2 Å². The summed E-state index contributed by atoms with van der Waals surface area (Å²) >= 11 is 0. The number of Topliss-reactive ketones (excluding diaryl/α,β-unsaturated/α-hetero) is 1. The van der Waals surface area contributed by atoms with Crippen molar-refractivity contribution in [1.29, 1.82) is 0 Å². The molecule has 0 N–H and O–H groups in total. The summed E-state index contributed by atoms with van der Waals surface area (Å²) < 4.78 is 56.3. The van der Waals surface area contributed by atoms with E-state index < -0.39 is 46.9 Å². The summed E-state index contributed by atoms with van der Waals surface area (Å²) in [6.45, 7) is 4.38. The third-order valence-electron chi connectivity index (χ3n) is 5.92. The molecule has 0 unspecified atom stereocenters. The molecule has 0 fully saturated rings. The van der Waals surface area contributed by atoms with E-state index in [1.165, 1.54) is 13.1 Å². The van der Waals surface area contributed by atoms with Gasteiger partial charge in [0.25, 0.3) is 5.56 Å². The number of carbonyl (C=O) groups is 1. The Kier molecular flexibility index (Phi) is 5.74. The number of carbonyl (C=O) groups excluding carboxylic acids is 1. The van der Waals surface area contributed by atoms with E-state index in [4.69, 9.17) is 0 Å². The molecule has 0 aliphatic heterocycles. The quantitative estimate of drug-likeness (QED) is 0.323. The number of hydrogen-bond donors (Lipinski definition) is 0. The Morgan fingerprint density at radius 3 is 2.34 bits per heavy atom. The smallest absolute Gasteiger partial charge is 0.318 e. The van der Waals surface area contributed by atoms with Gasteiger partial charge in [-0.15, -0.1) is 0 Å². The number of alkyl halides is 3. The molecule has 35 heavy (non-hydrogen) atoms. The zero-order valence-electron chi connectivity index (χ0n) is 19.2. The second kappa shape index (κ2) is 8.33. The van der Waals surface area contributed by atoms with E-state index >= 15 is 0 Å². The second-order valence-electron chi connectivity index (χ2n) is 8.28. The SMILES string of the molecule is Cc1ccc(-n2c(C)cc(C(=O)Cn3c(=O)c4ccc(C(F)(F)F)nc4n(C)c3=O)c2C)cc1F. The molecule has 3 heterocycles. The highest BCUT2D eigenvalue weighted by molar-refractivity contribution is 5.97. The lowest BCUT2D eigenvalue weighted by molar-refractivity contribution is -0.141. The summed E-state index contributed by atoms with van der Waals surface area (Å²) in [4.78, 5) is 42.2. The van der Waals surface area contributed by atoms with Crippen molar-refractivity contribution in [2.45, 2.75) is 33.5 Å². The molecule has 0 aliphatic carbocycles. The lowest BCUT2D eigenvalue weighted by Crippen LogP contribution is -2.41. The molecule has 0 bridgehead atoms. The van der Waals surface area contributed by atoms with Gasteiger partial charge in [0.1, 0.15) is 17.2 Å². The van der Waals surface area contributed by atoms with Gasteiger partial charge in [0, 0.05) is 29.7 Å². The van der Waals surface area contributed by atoms with Gasteiger partial charge in [0.2, 0.25) is 0 Å². The highest BCUT2D eigenvalue weighted by Crippen LogP contribution is 2.28. The Bertz CT molecular complexity index is 1630. The van der Waals surface area contributed by atoms with Crippen molar-refractivity contribution in [3.05, 3.63) is 91.3 Å². The number of nitrogens with zero attached hydrogens (tertiary/aromatic N) is 4. The Morgan fingerprint density at radius 1 is 1.03 bits per heavy atom. The number of ketones is 1. The van der Waals surface area contributed by atoms with E-state index in [1.54, 1.807) is 43.5 Å². The first kappa shape index (κ1) is 24.1. The molecule has 4 rings (SSSR count). The molecular weight excluding hydrogens is 468 g/mol. The van der Waals surface area contributed by atoms with Crippen LogP contribution in [-0.4, -0.2) is 24.5 Å². The van der Waals surface area contributed by atoms with Gasteiger partial charge in [-0.1, -0.05) is 6.07 Å². The predicted octanol–water partition coefficient (Wildman–Crippen LogP) is 3.85. The Balaban J connectivity index is 1.78. The summed E-state index contributed by atoms with van der Waals surface area (Å²) in [5, 5.41) is -0.228. The normalized spacial score (nSPS) is 11.9. The Labute approximate surface area is 195 Å². The van der Waals surface area contributed by atoms with Crippen LogP contribution >= 0.6 is 0 Å². The molecule has 0 saturated heterocycles. The third kappa shape index (κ3) is 4.07. The van der Waals surface area contributed by atoms with Gasteiger partial charge in [0.15, 0.2) is 5.78 Å². The monoisotopic (exact) mass is 488 g/mol. The van der Waals surface area contributed by atoms with Gasteiger partial charge < -0.3 is 4.57 Å². The fourth-order valence-corrected chi connectivity index (χ4v) is 4.06. The van der Waals surface area contributed by atoms with Crippen molar-refractivity contribution in [2.75, 3.05) is 0 Å². The number of hydrogen-bond acceptors (Lipinski definition) is 4. The number of fused-ring (bicyclic) bond motifs is 1. The van der Waals surface area contributed by atoms with E-state index in [0.29, 0.717) is 33.3 Å². The third-order valence-corrected chi connectivity index (χ3v) is 5.92. The Hall–Kier alpha value is -4.02. The van der Waals surface area contributed by atoms with E-state index in [1.807, 2.05) is 0 Å². The maximum Gasteiger partial charge on any atom is 0.433 e. The van der Waals surface area contributed by atoms with Crippen molar-refractivity contribution in [1.82, 2.24) is 18.7 Å². The summed E-state index contributed by atoms with van der Waals surface area (Å²) in [6.07, 6.45) is -4.75. The van der Waals surface area contributed by atoms with Crippen LogP contribution in [0.25, 0.3) is 16.7 Å². The standard InChI is InChI=1S/C24H20F4N4O3/c1-12-5-6-15(10-18(12)25)32-13(2)9-17(14(32)3)19(33)11-31-22(34)16-7-8-20(24(26,27)28)29-21(16)30(4)23(31)35/h5-10H,11H2,1-4H3. The van der Waals surface area contributed by atoms with Gasteiger partial charge in [-0.3, -0.25) is 18.7 Å². The largest absolute Gasteiger partial charge is 0.433 e. The fraction of sp³-hybridized carbons (Fsp3) is 0.250. The van der Waals surface area contributed by atoms with Crippen LogP contribution in [0, 0.1) is 26.6 Å². The first-order valence-electron chi connectivity index (χ1n) is 10.5. The summed E-state index contributed by atoms with van der Waals surface area (Å²) in [7, 11) is 1.18. The predicted molar refractivity (Wildman–Crippen MR) is 121 cm³/mol. The number of aromatic nitrogens is 4. The van der Waals surface area contributed by atoms with Crippen LogP contribution in [0.15, 0.2) is 46.0 Å². The molecule has 0 radical (unpaired) electrons. The van der Waals surface area contributed by atoms with E-state index in [9.17, 15) is 31.9 Å². The van der Waals surface area contributed by atoms with Crippen molar-refractivity contribution in [2.24, 2.45) is 7.05 Å². The number of halogens is 4. The molecule has 3 aromatic heterocycles. The number of rotatable bonds is 4. The van der Waals surface area contributed by atoms with Gasteiger partial charge >= 0.3 is 11.9 Å². The molecule has 182 valence electrons. The lowest BCUT2D eigenvalue weighted by atomic mass is 10.1.